The fraction of sp³-hybridized carbons (Fsp3) is 0.417. The van der Waals surface area contributed by atoms with Crippen LogP contribution in [0.15, 0.2) is 30.3 Å². The number of aliphatic hydroxyl groups excluding tert-OH is 1. The van der Waals surface area contributed by atoms with E-state index in [0.717, 1.165) is 5.56 Å². The van der Waals surface area contributed by atoms with Crippen molar-refractivity contribution >= 4 is 40.7 Å². The van der Waals surface area contributed by atoms with E-state index >= 15 is 0 Å². The van der Waals surface area contributed by atoms with Crippen molar-refractivity contribution < 1.29 is 9.90 Å². The van der Waals surface area contributed by atoms with Crippen molar-refractivity contribution in [3.8, 4) is 0 Å². The quantitative estimate of drug-likeness (QED) is 0.840. The number of alkyl halides is 3. The van der Waals surface area contributed by atoms with Crippen LogP contribution in [0.1, 0.15) is 24.9 Å². The van der Waals surface area contributed by atoms with Crippen LogP contribution in [0.3, 0.4) is 0 Å². The summed E-state index contributed by atoms with van der Waals surface area (Å²) in [5, 5.41) is 12.2. The lowest BCUT2D eigenvalue weighted by atomic mass is 10.1. The Morgan fingerprint density at radius 1 is 1.33 bits per heavy atom. The van der Waals surface area contributed by atoms with Crippen LogP contribution < -0.4 is 5.32 Å². The Labute approximate surface area is 121 Å². The molecule has 0 bridgehead atoms. The Kier molecular flexibility index (Phi) is 5.73. The van der Waals surface area contributed by atoms with Crippen molar-refractivity contribution in [3.63, 3.8) is 0 Å². The average molecular weight is 311 g/mol. The lowest BCUT2D eigenvalue weighted by Crippen LogP contribution is -2.34. The third-order valence-corrected chi connectivity index (χ3v) is 3.19. The summed E-state index contributed by atoms with van der Waals surface area (Å²) in [7, 11) is 0. The fourth-order valence-electron chi connectivity index (χ4n) is 1.42. The molecule has 0 spiro atoms. The molecular formula is C12H14Cl3NO2. The summed E-state index contributed by atoms with van der Waals surface area (Å²) in [5.41, 5.74) is 0.967. The molecule has 6 heteroatoms. The van der Waals surface area contributed by atoms with Crippen LogP contribution >= 0.6 is 34.8 Å². The second-order valence-corrected chi connectivity index (χ2v) is 6.33. The third kappa shape index (κ3) is 5.02. The standard InChI is InChI=1S/C12H14Cl3NO2/c1-8(9-5-3-2-4-6-9)16-11(18)7-10(17)12(13,14)15/h2-6,8,10,17H,7H2,1H3,(H,16,18)/t8-,10-/m0/s1. The first-order valence-corrected chi connectivity index (χ1v) is 6.53. The van der Waals surface area contributed by atoms with E-state index in [0.29, 0.717) is 0 Å². The monoisotopic (exact) mass is 309 g/mol. The average Bonchev–Trinajstić information content (AvgIpc) is 2.28. The topological polar surface area (TPSA) is 49.3 Å². The third-order valence-electron chi connectivity index (χ3n) is 2.43. The van der Waals surface area contributed by atoms with Crippen LogP contribution in [0.5, 0.6) is 0 Å². The molecule has 0 saturated heterocycles. The first-order chi connectivity index (χ1) is 8.30. The highest BCUT2D eigenvalue weighted by Crippen LogP contribution is 2.31. The molecule has 3 nitrogen and oxygen atoms in total. The Morgan fingerprint density at radius 3 is 2.39 bits per heavy atom. The minimum absolute atomic E-state index is 0.165. The largest absolute Gasteiger partial charge is 0.388 e. The van der Waals surface area contributed by atoms with Crippen molar-refractivity contribution in [1.82, 2.24) is 5.32 Å². The summed E-state index contributed by atoms with van der Waals surface area (Å²) in [4.78, 5) is 11.6. The van der Waals surface area contributed by atoms with Crippen molar-refractivity contribution in [2.45, 2.75) is 29.3 Å². The number of rotatable bonds is 4. The molecule has 0 unspecified atom stereocenters. The summed E-state index contributed by atoms with van der Waals surface area (Å²) >= 11 is 16.4. The van der Waals surface area contributed by atoms with Crippen LogP contribution in [-0.2, 0) is 4.79 Å². The zero-order chi connectivity index (χ0) is 13.8. The molecule has 2 N–H and O–H groups in total. The fourth-order valence-corrected chi connectivity index (χ4v) is 1.65. The van der Waals surface area contributed by atoms with Crippen molar-refractivity contribution in [2.24, 2.45) is 0 Å². The van der Waals surface area contributed by atoms with Crippen LogP contribution in [0, 0.1) is 0 Å². The number of hydrogen-bond donors (Lipinski definition) is 2. The summed E-state index contributed by atoms with van der Waals surface area (Å²) in [6, 6.07) is 9.29. The zero-order valence-electron chi connectivity index (χ0n) is 9.74. The maximum Gasteiger partial charge on any atom is 0.223 e. The highest BCUT2D eigenvalue weighted by molar-refractivity contribution is 6.68. The number of amides is 1. The molecule has 0 saturated carbocycles. The van der Waals surface area contributed by atoms with Gasteiger partial charge in [0.2, 0.25) is 9.70 Å². The van der Waals surface area contributed by atoms with Gasteiger partial charge in [0, 0.05) is 0 Å². The Hall–Kier alpha value is -0.480. The Bertz CT molecular complexity index is 392. The molecule has 0 aliphatic carbocycles. The van der Waals surface area contributed by atoms with E-state index in [2.05, 4.69) is 5.32 Å². The number of benzene rings is 1. The van der Waals surface area contributed by atoms with Gasteiger partial charge in [0.15, 0.2) is 0 Å². The van der Waals surface area contributed by atoms with E-state index in [-0.39, 0.29) is 18.4 Å². The molecule has 18 heavy (non-hydrogen) atoms. The molecule has 100 valence electrons. The molecule has 0 aliphatic heterocycles. The van der Waals surface area contributed by atoms with Crippen LogP contribution in [0.25, 0.3) is 0 Å². The normalized spacial score (nSPS) is 14.9. The number of halogens is 3. The second-order valence-electron chi connectivity index (χ2n) is 3.96. The van der Waals surface area contributed by atoms with Crippen LogP contribution in [-0.4, -0.2) is 20.9 Å². The molecule has 0 aliphatic rings. The molecule has 2 atom stereocenters. The molecule has 0 fully saturated rings. The van der Waals surface area contributed by atoms with E-state index in [1.165, 1.54) is 0 Å². The SMILES string of the molecule is C[C@H](NC(=O)C[C@H](O)C(Cl)(Cl)Cl)c1ccccc1. The van der Waals surface area contributed by atoms with Gasteiger partial charge in [-0.1, -0.05) is 65.1 Å². The second kappa shape index (κ2) is 6.62. The first kappa shape index (κ1) is 15.6. The highest BCUT2D eigenvalue weighted by Gasteiger charge is 2.32. The highest BCUT2D eigenvalue weighted by atomic mass is 35.6. The maximum atomic E-state index is 11.6. The Morgan fingerprint density at radius 2 is 1.89 bits per heavy atom. The van der Waals surface area contributed by atoms with Gasteiger partial charge in [0.1, 0.15) is 6.10 Å². The van der Waals surface area contributed by atoms with Gasteiger partial charge in [-0.25, -0.2) is 0 Å². The van der Waals surface area contributed by atoms with Crippen molar-refractivity contribution in [3.05, 3.63) is 35.9 Å². The van der Waals surface area contributed by atoms with Gasteiger partial charge < -0.3 is 10.4 Å². The minimum Gasteiger partial charge on any atom is -0.388 e. The van der Waals surface area contributed by atoms with Gasteiger partial charge in [0.05, 0.1) is 12.5 Å². The number of hydrogen-bond acceptors (Lipinski definition) is 2. The molecule has 1 aromatic carbocycles. The zero-order valence-corrected chi connectivity index (χ0v) is 12.0. The van der Waals surface area contributed by atoms with Crippen LogP contribution in [0.4, 0.5) is 0 Å². The number of carbonyl (C=O) groups is 1. The van der Waals surface area contributed by atoms with Crippen LogP contribution in [0.2, 0.25) is 0 Å². The molecule has 0 aromatic heterocycles. The van der Waals surface area contributed by atoms with Gasteiger partial charge in [-0.05, 0) is 12.5 Å². The van der Waals surface area contributed by atoms with Crippen molar-refractivity contribution in [2.75, 3.05) is 0 Å². The lowest BCUT2D eigenvalue weighted by Gasteiger charge is -2.20. The smallest absolute Gasteiger partial charge is 0.223 e. The molecule has 1 rings (SSSR count). The van der Waals surface area contributed by atoms with Gasteiger partial charge in [-0.15, -0.1) is 0 Å². The summed E-state index contributed by atoms with van der Waals surface area (Å²) in [6.07, 6.45) is -1.58. The van der Waals surface area contributed by atoms with Crippen molar-refractivity contribution in [1.29, 1.82) is 0 Å². The Balaban J connectivity index is 2.51. The summed E-state index contributed by atoms with van der Waals surface area (Å²) < 4.78 is -1.85. The molecule has 0 heterocycles. The minimum atomic E-state index is -1.85. The van der Waals surface area contributed by atoms with E-state index in [1.54, 1.807) is 0 Å². The number of aliphatic hydroxyl groups is 1. The maximum absolute atomic E-state index is 11.6. The van der Waals surface area contributed by atoms with E-state index in [9.17, 15) is 9.90 Å². The molecule has 1 aromatic rings. The van der Waals surface area contributed by atoms with Gasteiger partial charge in [0.25, 0.3) is 0 Å². The summed E-state index contributed by atoms with van der Waals surface area (Å²) in [6.45, 7) is 1.84. The summed E-state index contributed by atoms with van der Waals surface area (Å²) in [5.74, 6) is -0.370. The van der Waals surface area contributed by atoms with E-state index < -0.39 is 9.90 Å². The van der Waals surface area contributed by atoms with E-state index in [4.69, 9.17) is 34.8 Å². The number of carbonyl (C=O) groups excluding carboxylic acids is 1. The lowest BCUT2D eigenvalue weighted by molar-refractivity contribution is -0.123. The molecule has 0 radical (unpaired) electrons. The van der Waals surface area contributed by atoms with Gasteiger partial charge in [-0.3, -0.25) is 4.79 Å². The molecular weight excluding hydrogens is 296 g/mol. The van der Waals surface area contributed by atoms with Gasteiger partial charge in [-0.2, -0.15) is 0 Å². The first-order valence-electron chi connectivity index (χ1n) is 5.40. The van der Waals surface area contributed by atoms with E-state index in [1.807, 2.05) is 37.3 Å². The predicted octanol–water partition coefficient (Wildman–Crippen LogP) is 2.99. The molecule has 1 amide bonds. The predicted molar refractivity (Wildman–Crippen MR) is 73.9 cm³/mol. The number of nitrogens with one attached hydrogen (secondary N) is 1. The van der Waals surface area contributed by atoms with Gasteiger partial charge >= 0.3 is 0 Å².